The Kier molecular flexibility index (Phi) is 4.17. The molecule has 126 valence electrons. The van der Waals surface area contributed by atoms with E-state index in [4.69, 9.17) is 4.74 Å². The molecule has 0 bridgehead atoms. The number of aryl methyl sites for hydroxylation is 1. The molecule has 0 unspecified atom stereocenters. The van der Waals surface area contributed by atoms with Gasteiger partial charge in [-0.2, -0.15) is 5.10 Å². The highest BCUT2D eigenvalue weighted by atomic mass is 16.5. The van der Waals surface area contributed by atoms with Crippen LogP contribution >= 0.6 is 0 Å². The van der Waals surface area contributed by atoms with E-state index in [0.29, 0.717) is 18.1 Å². The molecule has 1 saturated heterocycles. The second kappa shape index (κ2) is 6.60. The van der Waals surface area contributed by atoms with E-state index >= 15 is 0 Å². The molecule has 2 aliphatic rings. The fraction of sp³-hybridized carbons (Fsp3) is 0.471. The summed E-state index contributed by atoms with van der Waals surface area (Å²) in [5.74, 6) is 0.659. The third kappa shape index (κ3) is 2.99. The molecule has 2 aromatic heterocycles. The molecule has 0 atom stereocenters. The average molecular weight is 327 g/mol. The van der Waals surface area contributed by atoms with Crippen LogP contribution in [0.4, 0.5) is 0 Å². The van der Waals surface area contributed by atoms with Gasteiger partial charge in [-0.25, -0.2) is 4.68 Å². The van der Waals surface area contributed by atoms with Crippen molar-refractivity contribution in [3.05, 3.63) is 41.9 Å². The Morgan fingerprint density at radius 1 is 1.12 bits per heavy atom. The van der Waals surface area contributed by atoms with E-state index in [-0.39, 0.29) is 5.91 Å². The number of nitrogens with zero attached hydrogens (tertiary/aromatic N) is 5. The molecule has 0 spiro atoms. The van der Waals surface area contributed by atoms with Crippen molar-refractivity contribution in [2.24, 2.45) is 0 Å². The van der Waals surface area contributed by atoms with Gasteiger partial charge in [-0.3, -0.25) is 14.7 Å². The maximum atomic E-state index is 12.8. The van der Waals surface area contributed by atoms with Gasteiger partial charge < -0.3 is 9.64 Å². The summed E-state index contributed by atoms with van der Waals surface area (Å²) in [6.07, 6.45) is 6.22. The third-order valence-corrected chi connectivity index (χ3v) is 4.59. The molecule has 2 aliphatic heterocycles. The van der Waals surface area contributed by atoms with Gasteiger partial charge >= 0.3 is 0 Å². The lowest BCUT2D eigenvalue weighted by molar-refractivity contribution is 0.0622. The topological polar surface area (TPSA) is 63.5 Å². The zero-order chi connectivity index (χ0) is 16.4. The molecule has 4 heterocycles. The number of rotatable bonds is 3. The van der Waals surface area contributed by atoms with Crippen LogP contribution in [0.2, 0.25) is 0 Å². The Hall–Kier alpha value is -2.41. The van der Waals surface area contributed by atoms with Gasteiger partial charge in [0.1, 0.15) is 5.56 Å². The van der Waals surface area contributed by atoms with E-state index < -0.39 is 0 Å². The van der Waals surface area contributed by atoms with Crippen LogP contribution in [0.25, 0.3) is 0 Å². The molecule has 0 N–H and O–H groups in total. The number of amides is 1. The summed E-state index contributed by atoms with van der Waals surface area (Å²) in [4.78, 5) is 21.1. The van der Waals surface area contributed by atoms with Crippen LogP contribution in [-0.4, -0.2) is 63.3 Å². The molecular formula is C17H21N5O2. The maximum absolute atomic E-state index is 12.8. The lowest BCUT2D eigenvalue weighted by Gasteiger charge is -2.34. The van der Waals surface area contributed by atoms with Crippen LogP contribution in [-0.2, 0) is 13.1 Å². The second-order valence-electron chi connectivity index (χ2n) is 6.21. The van der Waals surface area contributed by atoms with E-state index in [1.807, 2.05) is 29.4 Å². The first-order chi connectivity index (χ1) is 11.8. The van der Waals surface area contributed by atoms with Crippen molar-refractivity contribution in [3.8, 4) is 5.88 Å². The van der Waals surface area contributed by atoms with Crippen molar-refractivity contribution in [1.82, 2.24) is 24.6 Å². The fourth-order valence-electron chi connectivity index (χ4n) is 3.24. The van der Waals surface area contributed by atoms with E-state index in [2.05, 4.69) is 15.0 Å². The zero-order valence-electron chi connectivity index (χ0n) is 13.6. The van der Waals surface area contributed by atoms with Gasteiger partial charge in [0.05, 0.1) is 12.8 Å². The summed E-state index contributed by atoms with van der Waals surface area (Å²) in [6, 6.07) is 4.07. The van der Waals surface area contributed by atoms with Crippen molar-refractivity contribution in [2.45, 2.75) is 19.5 Å². The van der Waals surface area contributed by atoms with Gasteiger partial charge in [-0.15, -0.1) is 0 Å². The quantitative estimate of drug-likeness (QED) is 0.842. The molecule has 1 amide bonds. The lowest BCUT2D eigenvalue weighted by Crippen LogP contribution is -2.48. The Morgan fingerprint density at radius 3 is 2.71 bits per heavy atom. The molecule has 0 aliphatic carbocycles. The smallest absolute Gasteiger partial charge is 0.261 e. The van der Waals surface area contributed by atoms with Crippen molar-refractivity contribution in [3.63, 3.8) is 0 Å². The molecule has 0 radical (unpaired) electrons. The predicted octanol–water partition coefficient (Wildman–Crippen LogP) is 1.02. The number of piperazine rings is 1. The average Bonchev–Trinajstić information content (AvgIpc) is 3.07. The van der Waals surface area contributed by atoms with E-state index in [0.717, 1.165) is 45.7 Å². The summed E-state index contributed by atoms with van der Waals surface area (Å²) in [5.41, 5.74) is 1.85. The highest BCUT2D eigenvalue weighted by molar-refractivity contribution is 5.96. The van der Waals surface area contributed by atoms with E-state index in [1.54, 1.807) is 10.9 Å². The largest absolute Gasteiger partial charge is 0.477 e. The van der Waals surface area contributed by atoms with Crippen molar-refractivity contribution < 1.29 is 9.53 Å². The molecule has 2 aromatic rings. The molecule has 7 nitrogen and oxygen atoms in total. The Bertz CT molecular complexity index is 707. The number of hydrogen-bond acceptors (Lipinski definition) is 5. The Balaban J connectivity index is 1.37. The van der Waals surface area contributed by atoms with Gasteiger partial charge in [0.15, 0.2) is 0 Å². The van der Waals surface area contributed by atoms with E-state index in [9.17, 15) is 4.79 Å². The number of carbonyl (C=O) groups excluding carboxylic acids is 1. The summed E-state index contributed by atoms with van der Waals surface area (Å²) < 4.78 is 7.43. The Labute approximate surface area is 140 Å². The minimum atomic E-state index is 0.0294. The third-order valence-electron chi connectivity index (χ3n) is 4.59. The molecular weight excluding hydrogens is 306 g/mol. The first kappa shape index (κ1) is 15.1. The van der Waals surface area contributed by atoms with Crippen LogP contribution in [0.1, 0.15) is 22.3 Å². The SMILES string of the molecule is O=C(c1cnn2c1OCCC2)N1CCN(Cc2ccncc2)CC1. The molecule has 24 heavy (non-hydrogen) atoms. The van der Waals surface area contributed by atoms with Gasteiger partial charge in [0, 0.05) is 58.1 Å². The van der Waals surface area contributed by atoms with Gasteiger partial charge in [0.2, 0.25) is 5.88 Å². The van der Waals surface area contributed by atoms with Crippen molar-refractivity contribution in [2.75, 3.05) is 32.8 Å². The van der Waals surface area contributed by atoms with Crippen LogP contribution < -0.4 is 4.74 Å². The van der Waals surface area contributed by atoms with Crippen LogP contribution in [0.15, 0.2) is 30.7 Å². The lowest BCUT2D eigenvalue weighted by atomic mass is 10.2. The van der Waals surface area contributed by atoms with Crippen LogP contribution in [0, 0.1) is 0 Å². The zero-order valence-corrected chi connectivity index (χ0v) is 13.6. The molecule has 0 saturated carbocycles. The molecule has 0 aromatic carbocycles. The number of aromatic nitrogens is 3. The highest BCUT2D eigenvalue weighted by Crippen LogP contribution is 2.24. The molecule has 7 heteroatoms. The van der Waals surface area contributed by atoms with Crippen LogP contribution in [0.5, 0.6) is 5.88 Å². The van der Waals surface area contributed by atoms with Crippen molar-refractivity contribution in [1.29, 1.82) is 0 Å². The number of carbonyl (C=O) groups is 1. The number of fused-ring (bicyclic) bond motifs is 1. The molecule has 4 rings (SSSR count). The normalized spacial score (nSPS) is 18.1. The summed E-state index contributed by atoms with van der Waals surface area (Å²) in [5, 5.41) is 4.27. The van der Waals surface area contributed by atoms with Crippen LogP contribution in [0.3, 0.4) is 0 Å². The maximum Gasteiger partial charge on any atom is 0.261 e. The Morgan fingerprint density at radius 2 is 1.92 bits per heavy atom. The summed E-state index contributed by atoms with van der Waals surface area (Å²) in [7, 11) is 0. The van der Waals surface area contributed by atoms with Crippen molar-refractivity contribution >= 4 is 5.91 Å². The minimum absolute atomic E-state index is 0.0294. The van der Waals surface area contributed by atoms with Gasteiger partial charge in [-0.05, 0) is 17.7 Å². The number of hydrogen-bond donors (Lipinski definition) is 0. The van der Waals surface area contributed by atoms with E-state index in [1.165, 1.54) is 5.56 Å². The highest BCUT2D eigenvalue weighted by Gasteiger charge is 2.28. The predicted molar refractivity (Wildman–Crippen MR) is 87.8 cm³/mol. The van der Waals surface area contributed by atoms with Gasteiger partial charge in [0.25, 0.3) is 5.91 Å². The standard InChI is InChI=1S/C17H21N5O2/c23-16(15-12-19-22-6-1-11-24-17(15)22)21-9-7-20(8-10-21)13-14-2-4-18-5-3-14/h2-5,12H,1,6-11,13H2. The second-order valence-corrected chi connectivity index (χ2v) is 6.21. The monoisotopic (exact) mass is 327 g/mol. The first-order valence-corrected chi connectivity index (χ1v) is 8.40. The van der Waals surface area contributed by atoms with Gasteiger partial charge in [-0.1, -0.05) is 0 Å². The fourth-order valence-corrected chi connectivity index (χ4v) is 3.24. The number of pyridine rings is 1. The summed E-state index contributed by atoms with van der Waals surface area (Å²) >= 11 is 0. The molecule has 1 fully saturated rings. The summed E-state index contributed by atoms with van der Waals surface area (Å²) in [6.45, 7) is 5.59. The number of ether oxygens (including phenoxy) is 1. The first-order valence-electron chi connectivity index (χ1n) is 8.40. The minimum Gasteiger partial charge on any atom is -0.477 e.